The van der Waals surface area contributed by atoms with Gasteiger partial charge in [-0.1, -0.05) is 4.89 Å². The van der Waals surface area contributed by atoms with Gasteiger partial charge in [0.15, 0.2) is 6.61 Å². The van der Waals surface area contributed by atoms with Crippen molar-refractivity contribution < 1.29 is 32.7 Å². The predicted octanol–water partition coefficient (Wildman–Crippen LogP) is -0.888. The van der Waals surface area contributed by atoms with E-state index < -0.39 is 22.8 Å². The lowest BCUT2D eigenvalue weighted by Crippen LogP contribution is -2.46. The van der Waals surface area contributed by atoms with Crippen molar-refractivity contribution in [2.45, 2.75) is 19.8 Å². The highest BCUT2D eigenvalue weighted by atomic mass is 32.2. The van der Waals surface area contributed by atoms with Crippen LogP contribution in [0.4, 0.5) is 0 Å². The molecule has 1 aliphatic rings. The number of rotatable bonds is 7. The molecule has 0 aromatic rings. The first-order valence-corrected chi connectivity index (χ1v) is 7.58. The molecular weight excluding hydrogens is 292 g/mol. The molecule has 0 atom stereocenters. The Labute approximate surface area is 117 Å². The summed E-state index contributed by atoms with van der Waals surface area (Å²) >= 11 is 0. The largest absolute Gasteiger partial charge is 0.479 e. The highest BCUT2D eigenvalue weighted by Crippen LogP contribution is 2.20. The fraction of sp³-hybridized carbons (Fsp3) is 0.800. The van der Waals surface area contributed by atoms with Gasteiger partial charge in [0.2, 0.25) is 0 Å². The first-order valence-electron chi connectivity index (χ1n) is 6.14. The van der Waals surface area contributed by atoms with Gasteiger partial charge in [-0.15, -0.1) is 0 Å². The number of piperidine rings is 1. The Bertz CT molecular complexity index is 443. The van der Waals surface area contributed by atoms with Crippen molar-refractivity contribution in [1.29, 1.82) is 0 Å². The van der Waals surface area contributed by atoms with E-state index in [1.54, 1.807) is 11.8 Å². The molecule has 0 aliphatic carbocycles. The Balaban J connectivity index is 2.43. The summed E-state index contributed by atoms with van der Waals surface area (Å²) in [5, 5.41) is 8.34. The predicted molar refractivity (Wildman–Crippen MR) is 66.6 cm³/mol. The van der Waals surface area contributed by atoms with Gasteiger partial charge < -0.3 is 9.84 Å². The quantitative estimate of drug-likeness (QED) is 0.462. The molecule has 9 nitrogen and oxygen atoms in total. The third-order valence-corrected chi connectivity index (χ3v) is 4.15. The molecule has 20 heavy (non-hydrogen) atoms. The molecule has 10 heteroatoms. The standard InChI is InChI=1S/C10H18N2O7S/c1-2-18-10(15)8-3-5-12(6-4-8)20(16,17)11-19-7-9(13)14/h8,11H,2-7H2,1H3,(H,13,14). The van der Waals surface area contributed by atoms with Gasteiger partial charge in [-0.05, 0) is 19.8 Å². The summed E-state index contributed by atoms with van der Waals surface area (Å²) in [6.45, 7) is 1.53. The minimum atomic E-state index is -3.89. The minimum absolute atomic E-state index is 0.148. The maximum atomic E-state index is 11.8. The van der Waals surface area contributed by atoms with Crippen molar-refractivity contribution in [2.24, 2.45) is 5.92 Å². The number of esters is 1. The lowest BCUT2D eigenvalue weighted by molar-refractivity contribution is -0.149. The van der Waals surface area contributed by atoms with Crippen LogP contribution in [0, 0.1) is 5.92 Å². The highest BCUT2D eigenvalue weighted by molar-refractivity contribution is 7.87. The second-order valence-corrected chi connectivity index (χ2v) is 5.83. The molecule has 1 aliphatic heterocycles. The maximum absolute atomic E-state index is 11.8. The van der Waals surface area contributed by atoms with E-state index in [0.29, 0.717) is 19.4 Å². The lowest BCUT2D eigenvalue weighted by Gasteiger charge is -2.29. The van der Waals surface area contributed by atoms with Crippen LogP contribution in [-0.2, 0) is 29.4 Å². The Hall–Kier alpha value is -1.23. The van der Waals surface area contributed by atoms with Crippen LogP contribution < -0.4 is 4.89 Å². The summed E-state index contributed by atoms with van der Waals surface area (Å²) in [4.78, 5) is 27.8. The molecule has 1 rings (SSSR count). The zero-order chi connectivity index (χ0) is 15.2. The number of nitrogens with zero attached hydrogens (tertiary/aromatic N) is 1. The van der Waals surface area contributed by atoms with Gasteiger partial charge >= 0.3 is 22.1 Å². The van der Waals surface area contributed by atoms with Crippen molar-refractivity contribution in [1.82, 2.24) is 9.19 Å². The van der Waals surface area contributed by atoms with E-state index in [9.17, 15) is 18.0 Å². The number of carbonyl (C=O) groups excluding carboxylic acids is 1. The maximum Gasteiger partial charge on any atom is 0.331 e. The van der Waals surface area contributed by atoms with E-state index in [2.05, 4.69) is 4.84 Å². The number of carboxylic acid groups (broad SMARTS) is 1. The summed E-state index contributed by atoms with van der Waals surface area (Å²) in [6, 6.07) is 0. The SMILES string of the molecule is CCOC(=O)C1CCN(S(=O)(=O)NOCC(=O)O)CC1. The van der Waals surface area contributed by atoms with E-state index in [0.717, 1.165) is 4.31 Å². The molecule has 0 aromatic heterocycles. The normalized spacial score (nSPS) is 17.9. The highest BCUT2D eigenvalue weighted by Gasteiger charge is 2.31. The molecule has 0 aromatic carbocycles. The molecule has 0 amide bonds. The Morgan fingerprint density at radius 2 is 1.95 bits per heavy atom. The van der Waals surface area contributed by atoms with Crippen LogP contribution in [0.1, 0.15) is 19.8 Å². The summed E-state index contributed by atoms with van der Waals surface area (Å²) in [5.41, 5.74) is 0. The average molecular weight is 310 g/mol. The first kappa shape index (κ1) is 16.8. The lowest BCUT2D eigenvalue weighted by atomic mass is 9.98. The molecule has 0 saturated carbocycles. The topological polar surface area (TPSA) is 122 Å². The zero-order valence-electron chi connectivity index (χ0n) is 11.1. The Kier molecular flexibility index (Phi) is 6.33. The summed E-state index contributed by atoms with van der Waals surface area (Å²) < 4.78 is 29.5. The van der Waals surface area contributed by atoms with Crippen LogP contribution in [0.3, 0.4) is 0 Å². The molecule has 0 bridgehead atoms. The number of hydrogen-bond donors (Lipinski definition) is 2. The molecule has 116 valence electrons. The van der Waals surface area contributed by atoms with Gasteiger partial charge in [-0.2, -0.15) is 12.7 Å². The molecular formula is C10H18N2O7S. The molecule has 2 N–H and O–H groups in total. The van der Waals surface area contributed by atoms with Gasteiger partial charge in [0.25, 0.3) is 0 Å². The summed E-state index contributed by atoms with van der Waals surface area (Å²) in [7, 11) is -3.89. The molecule has 1 fully saturated rings. The van der Waals surface area contributed by atoms with Crippen LogP contribution in [0.2, 0.25) is 0 Å². The fourth-order valence-corrected chi connectivity index (χ4v) is 2.82. The van der Waals surface area contributed by atoms with E-state index in [1.165, 1.54) is 0 Å². The number of nitrogens with one attached hydrogen (secondary N) is 1. The van der Waals surface area contributed by atoms with Crippen molar-refractivity contribution in [3.05, 3.63) is 0 Å². The van der Waals surface area contributed by atoms with Gasteiger partial charge in [0.1, 0.15) is 0 Å². The van der Waals surface area contributed by atoms with Crippen LogP contribution >= 0.6 is 0 Å². The van der Waals surface area contributed by atoms with Crippen molar-refractivity contribution in [3.8, 4) is 0 Å². The second-order valence-electron chi connectivity index (χ2n) is 4.20. The summed E-state index contributed by atoms with van der Waals surface area (Å²) in [5.74, 6) is -1.91. The van der Waals surface area contributed by atoms with E-state index in [4.69, 9.17) is 9.84 Å². The van der Waals surface area contributed by atoms with Gasteiger partial charge in [-0.3, -0.25) is 9.63 Å². The minimum Gasteiger partial charge on any atom is -0.479 e. The Morgan fingerprint density at radius 1 is 1.35 bits per heavy atom. The number of aliphatic carboxylic acids is 1. The average Bonchev–Trinajstić information content (AvgIpc) is 2.38. The van der Waals surface area contributed by atoms with Crippen molar-refractivity contribution in [3.63, 3.8) is 0 Å². The molecule has 1 saturated heterocycles. The second kappa shape index (κ2) is 7.53. The molecule has 0 radical (unpaired) electrons. The smallest absolute Gasteiger partial charge is 0.331 e. The number of carboxylic acids is 1. The third kappa shape index (κ3) is 5.04. The van der Waals surface area contributed by atoms with Crippen molar-refractivity contribution >= 4 is 22.1 Å². The number of hydrogen-bond acceptors (Lipinski definition) is 6. The monoisotopic (exact) mass is 310 g/mol. The van der Waals surface area contributed by atoms with Gasteiger partial charge in [0.05, 0.1) is 12.5 Å². The van der Waals surface area contributed by atoms with E-state index in [1.807, 2.05) is 0 Å². The summed E-state index contributed by atoms with van der Waals surface area (Å²) in [6.07, 6.45) is 0.720. The fourth-order valence-electron chi connectivity index (χ4n) is 1.81. The molecule has 0 unspecified atom stereocenters. The van der Waals surface area contributed by atoms with E-state index in [-0.39, 0.29) is 25.0 Å². The van der Waals surface area contributed by atoms with Crippen LogP contribution in [-0.4, -0.2) is 56.1 Å². The van der Waals surface area contributed by atoms with Crippen molar-refractivity contribution in [2.75, 3.05) is 26.3 Å². The Morgan fingerprint density at radius 3 is 2.45 bits per heavy atom. The van der Waals surface area contributed by atoms with Gasteiger partial charge in [-0.25, -0.2) is 4.79 Å². The third-order valence-electron chi connectivity index (χ3n) is 2.77. The first-order chi connectivity index (χ1) is 9.36. The number of ether oxygens (including phenoxy) is 1. The van der Waals surface area contributed by atoms with Crippen LogP contribution in [0.25, 0.3) is 0 Å². The van der Waals surface area contributed by atoms with Crippen LogP contribution in [0.5, 0.6) is 0 Å². The molecule has 1 heterocycles. The van der Waals surface area contributed by atoms with Crippen LogP contribution in [0.15, 0.2) is 0 Å². The van der Waals surface area contributed by atoms with Gasteiger partial charge in [0, 0.05) is 13.1 Å². The number of carbonyl (C=O) groups is 2. The van der Waals surface area contributed by atoms with E-state index >= 15 is 0 Å². The zero-order valence-corrected chi connectivity index (χ0v) is 11.9. The molecule has 0 spiro atoms.